The Morgan fingerprint density at radius 2 is 1.59 bits per heavy atom. The van der Waals surface area contributed by atoms with Crippen LogP contribution in [0.5, 0.6) is 0 Å². The van der Waals surface area contributed by atoms with E-state index in [1.165, 1.54) is 12.1 Å². The fourth-order valence-corrected chi connectivity index (χ4v) is 2.10. The summed E-state index contributed by atoms with van der Waals surface area (Å²) in [5.74, 6) is 0. The maximum atomic E-state index is 13.2. The molecule has 0 aliphatic heterocycles. The highest BCUT2D eigenvalue weighted by atomic mass is 32.2. The standard InChI is InChI=1S/C13H10F4O4S/c14-12(15,13(16,17)22(18,19)20)21-8-9-5-6-10-3-1-2-4-11(10)7-9/h1-7H,8H2,(H,18,19,20). The van der Waals surface area contributed by atoms with Crippen LogP contribution in [0.3, 0.4) is 0 Å². The molecular formula is C13H10F4O4S. The van der Waals surface area contributed by atoms with Crippen LogP contribution in [0.2, 0.25) is 0 Å². The molecule has 0 atom stereocenters. The van der Waals surface area contributed by atoms with Crippen molar-refractivity contribution >= 4 is 20.9 Å². The molecule has 0 aliphatic rings. The maximum Gasteiger partial charge on any atom is 0.459 e. The second-order valence-corrected chi connectivity index (χ2v) is 5.94. The van der Waals surface area contributed by atoms with Crippen LogP contribution in [-0.4, -0.2) is 24.3 Å². The van der Waals surface area contributed by atoms with Gasteiger partial charge < -0.3 is 4.74 Å². The smallest absolute Gasteiger partial charge is 0.310 e. The molecule has 0 amide bonds. The Morgan fingerprint density at radius 3 is 2.18 bits per heavy atom. The van der Waals surface area contributed by atoms with Gasteiger partial charge >= 0.3 is 21.5 Å². The molecule has 0 unspecified atom stereocenters. The van der Waals surface area contributed by atoms with E-state index in [0.717, 1.165) is 5.39 Å². The van der Waals surface area contributed by atoms with E-state index < -0.39 is 28.1 Å². The molecule has 9 heteroatoms. The molecule has 1 N–H and O–H groups in total. The summed E-state index contributed by atoms with van der Waals surface area (Å²) in [4.78, 5) is 0. The molecule has 22 heavy (non-hydrogen) atoms. The minimum absolute atomic E-state index is 0.143. The van der Waals surface area contributed by atoms with Crippen molar-refractivity contribution in [3.63, 3.8) is 0 Å². The van der Waals surface area contributed by atoms with Gasteiger partial charge in [-0.25, -0.2) is 0 Å². The van der Waals surface area contributed by atoms with Crippen molar-refractivity contribution < 1.29 is 35.3 Å². The Labute approximate surface area is 123 Å². The molecule has 120 valence electrons. The molecule has 0 aromatic heterocycles. The second-order valence-electron chi connectivity index (χ2n) is 4.48. The van der Waals surface area contributed by atoms with E-state index in [-0.39, 0.29) is 5.56 Å². The van der Waals surface area contributed by atoms with Crippen molar-refractivity contribution in [3.8, 4) is 0 Å². The van der Waals surface area contributed by atoms with Gasteiger partial charge in [-0.15, -0.1) is 0 Å². The summed E-state index contributed by atoms with van der Waals surface area (Å²) in [5.41, 5.74) is 0.143. The van der Waals surface area contributed by atoms with Crippen molar-refractivity contribution in [2.75, 3.05) is 0 Å². The zero-order valence-corrected chi connectivity index (χ0v) is 11.7. The van der Waals surface area contributed by atoms with Crippen molar-refractivity contribution in [1.82, 2.24) is 0 Å². The number of halogens is 4. The molecule has 0 radical (unpaired) electrons. The lowest BCUT2D eigenvalue weighted by Gasteiger charge is -2.23. The van der Waals surface area contributed by atoms with Gasteiger partial charge in [0, 0.05) is 0 Å². The molecule has 2 aromatic carbocycles. The third-order valence-corrected chi connectivity index (χ3v) is 3.78. The van der Waals surface area contributed by atoms with Crippen LogP contribution >= 0.6 is 0 Å². The summed E-state index contributed by atoms with van der Waals surface area (Å²) in [6.45, 7) is -0.955. The molecular weight excluding hydrogens is 328 g/mol. The lowest BCUT2D eigenvalue weighted by molar-refractivity contribution is -0.323. The number of hydrogen-bond acceptors (Lipinski definition) is 3. The van der Waals surface area contributed by atoms with Gasteiger partial charge in [-0.3, -0.25) is 4.55 Å². The fourth-order valence-electron chi connectivity index (χ4n) is 1.74. The third-order valence-electron chi connectivity index (χ3n) is 2.90. The average Bonchev–Trinajstić information content (AvgIpc) is 2.43. The van der Waals surface area contributed by atoms with Gasteiger partial charge in [0.05, 0.1) is 6.61 Å². The first kappa shape index (κ1) is 16.7. The number of hydrogen-bond donors (Lipinski definition) is 1. The van der Waals surface area contributed by atoms with E-state index in [1.807, 2.05) is 0 Å². The van der Waals surface area contributed by atoms with E-state index in [9.17, 15) is 26.0 Å². The summed E-state index contributed by atoms with van der Waals surface area (Å²) in [5, 5.41) is -4.26. The Hall–Kier alpha value is -1.71. The molecule has 0 spiro atoms. The molecule has 0 heterocycles. The van der Waals surface area contributed by atoms with Crippen LogP contribution in [0.4, 0.5) is 17.6 Å². The summed E-state index contributed by atoms with van der Waals surface area (Å²) >= 11 is 0. The van der Waals surface area contributed by atoms with E-state index >= 15 is 0 Å². The predicted molar refractivity (Wildman–Crippen MR) is 70.2 cm³/mol. The lowest BCUT2D eigenvalue weighted by atomic mass is 10.1. The molecule has 0 fully saturated rings. The van der Waals surface area contributed by atoms with E-state index in [1.54, 1.807) is 30.3 Å². The van der Waals surface area contributed by atoms with Gasteiger partial charge in [-0.2, -0.15) is 26.0 Å². The van der Waals surface area contributed by atoms with Crippen molar-refractivity contribution in [1.29, 1.82) is 0 Å². The fraction of sp³-hybridized carbons (Fsp3) is 0.231. The van der Waals surface area contributed by atoms with Gasteiger partial charge in [0.1, 0.15) is 0 Å². The third kappa shape index (κ3) is 3.06. The van der Waals surface area contributed by atoms with E-state index in [4.69, 9.17) is 4.55 Å². The van der Waals surface area contributed by atoms with Gasteiger partial charge in [0.2, 0.25) is 0 Å². The van der Waals surface area contributed by atoms with E-state index in [2.05, 4.69) is 4.74 Å². The first-order valence-electron chi connectivity index (χ1n) is 5.89. The highest BCUT2D eigenvalue weighted by Gasteiger charge is 2.67. The Morgan fingerprint density at radius 1 is 1.00 bits per heavy atom. The Kier molecular flexibility index (Phi) is 4.16. The molecule has 0 aliphatic carbocycles. The average molecular weight is 338 g/mol. The Balaban J connectivity index is 2.20. The quantitative estimate of drug-likeness (QED) is 0.670. The van der Waals surface area contributed by atoms with Crippen LogP contribution < -0.4 is 0 Å². The highest BCUT2D eigenvalue weighted by Crippen LogP contribution is 2.39. The number of ether oxygens (including phenoxy) is 1. The zero-order valence-electron chi connectivity index (χ0n) is 10.8. The first-order valence-corrected chi connectivity index (χ1v) is 7.33. The van der Waals surface area contributed by atoms with Crippen molar-refractivity contribution in [2.24, 2.45) is 0 Å². The van der Waals surface area contributed by atoms with E-state index in [0.29, 0.717) is 5.39 Å². The minimum atomic E-state index is -6.31. The van der Waals surface area contributed by atoms with Crippen molar-refractivity contribution in [3.05, 3.63) is 48.0 Å². The number of alkyl halides is 4. The van der Waals surface area contributed by atoms with Crippen LogP contribution in [-0.2, 0) is 21.5 Å². The molecule has 0 bridgehead atoms. The normalized spacial score (nSPS) is 13.5. The first-order chi connectivity index (χ1) is 10.0. The molecule has 2 aromatic rings. The minimum Gasteiger partial charge on any atom is -0.310 e. The zero-order chi connectivity index (χ0) is 16.6. The van der Waals surface area contributed by atoms with Gasteiger partial charge in [-0.1, -0.05) is 36.4 Å². The van der Waals surface area contributed by atoms with Crippen LogP contribution in [0.15, 0.2) is 42.5 Å². The summed E-state index contributed by atoms with van der Waals surface area (Å²) in [6.07, 6.45) is -5.37. The van der Waals surface area contributed by atoms with Gasteiger partial charge in [0.25, 0.3) is 0 Å². The number of rotatable bonds is 5. The van der Waals surface area contributed by atoms with Crippen LogP contribution in [0.1, 0.15) is 5.56 Å². The monoisotopic (exact) mass is 338 g/mol. The largest absolute Gasteiger partial charge is 0.459 e. The maximum absolute atomic E-state index is 13.2. The van der Waals surface area contributed by atoms with Crippen molar-refractivity contribution in [2.45, 2.75) is 18.0 Å². The Bertz CT molecular complexity index is 789. The van der Waals surface area contributed by atoms with Crippen LogP contribution in [0, 0.1) is 0 Å². The molecule has 2 rings (SSSR count). The SMILES string of the molecule is O=S(=O)(O)C(F)(F)C(F)(F)OCc1ccc2ccccc2c1. The highest BCUT2D eigenvalue weighted by molar-refractivity contribution is 7.86. The summed E-state index contributed by atoms with van der Waals surface area (Å²) < 4.78 is 84.9. The molecule has 4 nitrogen and oxygen atoms in total. The van der Waals surface area contributed by atoms with Gasteiger partial charge in [-0.05, 0) is 22.4 Å². The lowest BCUT2D eigenvalue weighted by Crippen LogP contribution is -2.48. The van der Waals surface area contributed by atoms with Gasteiger partial charge in [0.15, 0.2) is 0 Å². The predicted octanol–water partition coefficient (Wildman–Crippen LogP) is 3.43. The second kappa shape index (κ2) is 5.49. The number of benzene rings is 2. The number of fused-ring (bicyclic) bond motifs is 1. The molecule has 0 saturated heterocycles. The molecule has 0 saturated carbocycles. The van der Waals surface area contributed by atoms with Crippen LogP contribution in [0.25, 0.3) is 10.8 Å². The summed E-state index contributed by atoms with van der Waals surface area (Å²) in [6, 6.07) is 11.3. The summed E-state index contributed by atoms with van der Waals surface area (Å²) in [7, 11) is -6.31. The topological polar surface area (TPSA) is 63.6 Å².